The number of pyridine rings is 1. The number of rotatable bonds is 8. The van der Waals surface area contributed by atoms with Crippen molar-refractivity contribution in [3.8, 4) is 17.4 Å². The van der Waals surface area contributed by atoms with Crippen LogP contribution in [0.1, 0.15) is 12.5 Å². The Morgan fingerprint density at radius 2 is 1.83 bits per heavy atom. The molecule has 1 heterocycles. The number of hydrogen-bond acceptors (Lipinski definition) is 5. The molecule has 30 heavy (non-hydrogen) atoms. The molecule has 2 aromatic rings. The first-order valence-electron chi connectivity index (χ1n) is 8.76. The molecule has 0 bridgehead atoms. The van der Waals surface area contributed by atoms with Crippen molar-refractivity contribution >= 4 is 35.6 Å². The summed E-state index contributed by atoms with van der Waals surface area (Å²) in [5.74, 6) is 1.62. The minimum absolute atomic E-state index is 0. The van der Waals surface area contributed by atoms with Crippen LogP contribution in [0.4, 0.5) is 18.9 Å². The quantitative estimate of drug-likeness (QED) is 0.297. The van der Waals surface area contributed by atoms with Gasteiger partial charge in [0.15, 0.2) is 24.1 Å². The van der Waals surface area contributed by atoms with Crippen molar-refractivity contribution in [3.63, 3.8) is 0 Å². The molecule has 0 saturated carbocycles. The molecule has 0 fully saturated rings. The molecule has 0 atom stereocenters. The summed E-state index contributed by atoms with van der Waals surface area (Å²) < 4.78 is 51.6. The SMILES string of the molecule is CCNC(=NCc1ccc(OCC(F)(F)F)nc1)Nc1ccc(OC)c(OC)c1.I. The van der Waals surface area contributed by atoms with Crippen molar-refractivity contribution in [1.82, 2.24) is 10.3 Å². The highest BCUT2D eigenvalue weighted by Gasteiger charge is 2.28. The number of anilines is 1. The van der Waals surface area contributed by atoms with Crippen LogP contribution in [-0.2, 0) is 6.54 Å². The lowest BCUT2D eigenvalue weighted by Gasteiger charge is -2.14. The van der Waals surface area contributed by atoms with Crippen LogP contribution in [0.5, 0.6) is 17.4 Å². The van der Waals surface area contributed by atoms with Gasteiger partial charge in [0.05, 0.1) is 20.8 Å². The monoisotopic (exact) mass is 540 g/mol. The van der Waals surface area contributed by atoms with Gasteiger partial charge in [-0.2, -0.15) is 13.2 Å². The molecule has 0 aliphatic heterocycles. The minimum atomic E-state index is -4.40. The number of methoxy groups -OCH3 is 2. The van der Waals surface area contributed by atoms with E-state index in [1.807, 2.05) is 13.0 Å². The second kappa shape index (κ2) is 12.3. The molecule has 0 radical (unpaired) electrons. The molecule has 0 amide bonds. The number of nitrogens with zero attached hydrogens (tertiary/aromatic N) is 2. The average Bonchev–Trinajstić information content (AvgIpc) is 2.70. The topological polar surface area (TPSA) is 77.0 Å². The molecular formula is C19H24F3IN4O3. The Hall–Kier alpha value is -2.44. The molecule has 7 nitrogen and oxygen atoms in total. The highest BCUT2D eigenvalue weighted by Crippen LogP contribution is 2.29. The van der Waals surface area contributed by atoms with Gasteiger partial charge in [0.2, 0.25) is 5.88 Å². The van der Waals surface area contributed by atoms with Crippen LogP contribution in [0.25, 0.3) is 0 Å². The number of halogens is 4. The van der Waals surface area contributed by atoms with Crippen molar-refractivity contribution in [2.24, 2.45) is 4.99 Å². The van der Waals surface area contributed by atoms with Crippen LogP contribution in [-0.4, -0.2) is 44.5 Å². The molecular weight excluding hydrogens is 516 g/mol. The van der Waals surface area contributed by atoms with Gasteiger partial charge in [0.25, 0.3) is 0 Å². The van der Waals surface area contributed by atoms with E-state index in [0.29, 0.717) is 29.6 Å². The Bertz CT molecular complexity index is 818. The number of alkyl halides is 3. The zero-order valence-electron chi connectivity index (χ0n) is 16.7. The maximum Gasteiger partial charge on any atom is 0.422 e. The number of hydrogen-bond donors (Lipinski definition) is 2. The van der Waals surface area contributed by atoms with Gasteiger partial charge >= 0.3 is 6.18 Å². The summed E-state index contributed by atoms with van der Waals surface area (Å²) in [7, 11) is 3.11. The zero-order valence-corrected chi connectivity index (χ0v) is 19.1. The number of benzene rings is 1. The lowest BCUT2D eigenvalue weighted by Crippen LogP contribution is -2.30. The third kappa shape index (κ3) is 8.51. The average molecular weight is 540 g/mol. The fourth-order valence-electron chi connectivity index (χ4n) is 2.27. The molecule has 0 aliphatic carbocycles. The first-order chi connectivity index (χ1) is 13.8. The smallest absolute Gasteiger partial charge is 0.422 e. The Balaban J connectivity index is 0.00000450. The van der Waals surface area contributed by atoms with Crippen LogP contribution < -0.4 is 24.8 Å². The summed E-state index contributed by atoms with van der Waals surface area (Å²) in [5, 5.41) is 6.27. The first kappa shape index (κ1) is 25.6. The van der Waals surface area contributed by atoms with Gasteiger partial charge < -0.3 is 24.8 Å². The van der Waals surface area contributed by atoms with Gasteiger partial charge in [-0.05, 0) is 24.6 Å². The molecule has 11 heteroatoms. The van der Waals surface area contributed by atoms with Gasteiger partial charge in [-0.3, -0.25) is 0 Å². The number of aliphatic imine (C=N–C) groups is 1. The van der Waals surface area contributed by atoms with Crippen LogP contribution in [0, 0.1) is 0 Å². The Morgan fingerprint density at radius 3 is 2.40 bits per heavy atom. The first-order valence-corrected chi connectivity index (χ1v) is 8.76. The van der Waals surface area contributed by atoms with E-state index in [1.165, 1.54) is 12.3 Å². The number of ether oxygens (including phenoxy) is 3. The van der Waals surface area contributed by atoms with Gasteiger partial charge in [0, 0.05) is 30.6 Å². The Morgan fingerprint density at radius 1 is 1.10 bits per heavy atom. The van der Waals surface area contributed by atoms with Crippen LogP contribution in [0.2, 0.25) is 0 Å². The second-order valence-corrected chi connectivity index (χ2v) is 5.80. The molecule has 0 unspecified atom stereocenters. The van der Waals surface area contributed by atoms with E-state index in [2.05, 4.69) is 25.3 Å². The van der Waals surface area contributed by atoms with E-state index < -0.39 is 12.8 Å². The normalized spacial score (nSPS) is 11.3. The molecule has 166 valence electrons. The molecule has 0 spiro atoms. The van der Waals surface area contributed by atoms with E-state index in [-0.39, 0.29) is 36.4 Å². The zero-order chi connectivity index (χ0) is 21.3. The standard InChI is InChI=1S/C19H23F3N4O3.HI/c1-4-23-18(26-14-6-7-15(27-2)16(9-14)28-3)25-11-13-5-8-17(24-10-13)29-12-19(20,21)22;/h5-10H,4,11-12H2,1-3H3,(H2,23,25,26);1H. The predicted octanol–water partition coefficient (Wildman–Crippen LogP) is 4.24. The largest absolute Gasteiger partial charge is 0.493 e. The highest BCUT2D eigenvalue weighted by atomic mass is 127. The van der Waals surface area contributed by atoms with Crippen molar-refractivity contribution < 1.29 is 27.4 Å². The molecule has 0 saturated heterocycles. The van der Waals surface area contributed by atoms with Gasteiger partial charge in [-0.1, -0.05) is 6.07 Å². The van der Waals surface area contributed by atoms with Gasteiger partial charge in [0.1, 0.15) is 0 Å². The second-order valence-electron chi connectivity index (χ2n) is 5.80. The van der Waals surface area contributed by atoms with Gasteiger partial charge in [-0.15, -0.1) is 24.0 Å². The van der Waals surface area contributed by atoms with E-state index in [1.54, 1.807) is 32.4 Å². The van der Waals surface area contributed by atoms with Crippen molar-refractivity contribution in [1.29, 1.82) is 0 Å². The van der Waals surface area contributed by atoms with Crippen LogP contribution in [0.15, 0.2) is 41.5 Å². The predicted molar refractivity (Wildman–Crippen MR) is 119 cm³/mol. The van der Waals surface area contributed by atoms with Gasteiger partial charge in [-0.25, -0.2) is 9.98 Å². The minimum Gasteiger partial charge on any atom is -0.493 e. The number of guanidine groups is 1. The third-order valence-electron chi connectivity index (χ3n) is 3.59. The fourth-order valence-corrected chi connectivity index (χ4v) is 2.27. The van der Waals surface area contributed by atoms with E-state index in [0.717, 1.165) is 5.69 Å². The summed E-state index contributed by atoms with van der Waals surface area (Å²) in [6, 6.07) is 8.37. The van der Waals surface area contributed by atoms with E-state index in [4.69, 9.17) is 9.47 Å². The maximum absolute atomic E-state index is 12.2. The van der Waals surface area contributed by atoms with Crippen molar-refractivity contribution in [2.45, 2.75) is 19.6 Å². The van der Waals surface area contributed by atoms with Crippen LogP contribution in [0.3, 0.4) is 0 Å². The van der Waals surface area contributed by atoms with Crippen molar-refractivity contribution in [3.05, 3.63) is 42.1 Å². The summed E-state index contributed by atoms with van der Waals surface area (Å²) in [6.07, 6.45) is -2.98. The van der Waals surface area contributed by atoms with E-state index >= 15 is 0 Å². The van der Waals surface area contributed by atoms with E-state index in [9.17, 15) is 13.2 Å². The summed E-state index contributed by atoms with van der Waals surface area (Å²) in [5.41, 5.74) is 1.46. The molecule has 1 aromatic heterocycles. The Kier molecular flexibility index (Phi) is 10.5. The summed E-state index contributed by atoms with van der Waals surface area (Å²) in [4.78, 5) is 8.32. The molecule has 2 rings (SSSR count). The number of aromatic nitrogens is 1. The Labute approximate surface area is 190 Å². The third-order valence-corrected chi connectivity index (χ3v) is 3.59. The molecule has 1 aromatic carbocycles. The van der Waals surface area contributed by atoms with Crippen molar-refractivity contribution in [2.75, 3.05) is 32.7 Å². The lowest BCUT2D eigenvalue weighted by molar-refractivity contribution is -0.154. The maximum atomic E-state index is 12.2. The summed E-state index contributed by atoms with van der Waals surface area (Å²) in [6.45, 7) is 1.47. The molecule has 0 aliphatic rings. The fraction of sp³-hybridized carbons (Fsp3) is 0.368. The highest BCUT2D eigenvalue weighted by molar-refractivity contribution is 14.0. The molecule has 2 N–H and O–H groups in total. The summed E-state index contributed by atoms with van der Waals surface area (Å²) >= 11 is 0. The van der Waals surface area contributed by atoms with Crippen LogP contribution >= 0.6 is 24.0 Å². The number of nitrogens with one attached hydrogen (secondary N) is 2. The lowest BCUT2D eigenvalue weighted by atomic mass is 10.2.